The molecular weight excluding hydrogens is 352 g/mol. The first-order valence-electron chi connectivity index (χ1n) is 4.79. The van der Waals surface area contributed by atoms with Crippen molar-refractivity contribution in [1.82, 2.24) is 10.2 Å². The van der Waals surface area contributed by atoms with Gasteiger partial charge in [0.05, 0.1) is 0 Å². The lowest BCUT2D eigenvalue weighted by atomic mass is 10.0. The molecule has 0 saturated carbocycles. The van der Waals surface area contributed by atoms with Crippen molar-refractivity contribution in [2.75, 3.05) is 0 Å². The molecule has 22 heavy (non-hydrogen) atoms. The second-order valence-electron chi connectivity index (χ2n) is 3.89. The van der Waals surface area contributed by atoms with Crippen molar-refractivity contribution in [3.05, 3.63) is 17.5 Å². The molecule has 0 bridgehead atoms. The average Bonchev–Trinajstić information content (AvgIpc) is 2.75. The van der Waals surface area contributed by atoms with Crippen LogP contribution in [0.15, 0.2) is 6.07 Å². The van der Waals surface area contributed by atoms with Gasteiger partial charge >= 0.3 is 30.1 Å². The third-order valence-corrected chi connectivity index (χ3v) is 2.35. The number of nitrogens with one attached hydrogen (secondary N) is 1. The van der Waals surface area contributed by atoms with Gasteiger partial charge in [-0.1, -0.05) is 0 Å². The molecule has 0 saturated heterocycles. The summed E-state index contributed by atoms with van der Waals surface area (Å²) in [7, 11) is 0. The number of aromatic nitrogens is 2. The summed E-state index contributed by atoms with van der Waals surface area (Å²) in [6.45, 7) is 0. The molecule has 1 N–H and O–H groups in total. The summed E-state index contributed by atoms with van der Waals surface area (Å²) in [6, 6.07) is -0.791. The van der Waals surface area contributed by atoms with Crippen LogP contribution in [0.2, 0.25) is 0 Å². The normalized spacial score (nSPS) is 15.3. The third-order valence-electron chi connectivity index (χ3n) is 2.35. The van der Waals surface area contributed by atoms with Crippen molar-refractivity contribution >= 4 is 0 Å². The quantitative estimate of drug-likeness (QED) is 0.804. The zero-order valence-corrected chi connectivity index (χ0v) is 9.56. The lowest BCUT2D eigenvalue weighted by Crippen LogP contribution is -2.59. The van der Waals surface area contributed by atoms with E-state index in [1.165, 1.54) is 0 Å². The zero-order valence-electron chi connectivity index (χ0n) is 9.56. The minimum Gasteiger partial charge on any atom is -0.273 e. The summed E-state index contributed by atoms with van der Waals surface area (Å²) in [5, 5.41) is 2.84. The van der Waals surface area contributed by atoms with Crippen molar-refractivity contribution in [2.45, 2.75) is 30.1 Å². The maximum atomic E-state index is 13.2. The van der Waals surface area contributed by atoms with E-state index >= 15 is 0 Å². The Morgan fingerprint density at radius 3 is 1.50 bits per heavy atom. The Labute approximate surface area is 112 Å². The Morgan fingerprint density at radius 2 is 1.18 bits per heavy atom. The van der Waals surface area contributed by atoms with Crippen molar-refractivity contribution < 1.29 is 52.7 Å². The van der Waals surface area contributed by atoms with Gasteiger partial charge in [0, 0.05) is 0 Å². The molecule has 14 heteroatoms. The van der Waals surface area contributed by atoms with Gasteiger partial charge in [0.25, 0.3) is 0 Å². The Balaban J connectivity index is 3.36. The minimum absolute atomic E-state index is 0.791. The molecule has 0 aliphatic rings. The fourth-order valence-corrected chi connectivity index (χ4v) is 1.16. The Kier molecular flexibility index (Phi) is 3.92. The summed E-state index contributed by atoms with van der Waals surface area (Å²) in [5.41, 5.74) is -4.75. The number of alkyl halides is 12. The first-order chi connectivity index (χ1) is 9.46. The van der Waals surface area contributed by atoms with Crippen molar-refractivity contribution in [3.8, 4) is 0 Å². The van der Waals surface area contributed by atoms with E-state index in [-0.39, 0.29) is 0 Å². The van der Waals surface area contributed by atoms with Gasteiger partial charge in [0.1, 0.15) is 11.4 Å². The number of halogens is 12. The van der Waals surface area contributed by atoms with Crippen molar-refractivity contribution in [3.63, 3.8) is 0 Å². The first-order valence-corrected chi connectivity index (χ1v) is 4.79. The number of aromatic amines is 1. The second kappa shape index (κ2) is 4.68. The van der Waals surface area contributed by atoms with E-state index in [4.69, 9.17) is 0 Å². The van der Waals surface area contributed by atoms with Gasteiger partial charge in [-0.3, -0.25) is 5.10 Å². The highest BCUT2D eigenvalue weighted by Crippen LogP contribution is 2.56. The Morgan fingerprint density at radius 1 is 0.727 bits per heavy atom. The first kappa shape index (κ1) is 18.4. The highest BCUT2D eigenvalue weighted by Gasteiger charge is 2.82. The molecule has 0 fully saturated rings. The predicted octanol–water partition coefficient (Wildman–Crippen LogP) is 4.35. The molecule has 1 rings (SSSR count). The van der Waals surface area contributed by atoms with E-state index in [1.807, 2.05) is 5.10 Å². The van der Waals surface area contributed by atoms with Gasteiger partial charge in [-0.05, 0) is 6.07 Å². The largest absolute Gasteiger partial charge is 0.460 e. The summed E-state index contributed by atoms with van der Waals surface area (Å²) in [6.07, 6.45) is -12.5. The lowest BCUT2D eigenvalue weighted by Gasteiger charge is -2.32. The molecule has 0 aromatic carbocycles. The maximum absolute atomic E-state index is 13.2. The third kappa shape index (κ3) is 2.58. The molecule has 0 aliphatic carbocycles. The highest BCUT2D eigenvalue weighted by atomic mass is 19.4. The molecule has 0 aliphatic heterocycles. The van der Waals surface area contributed by atoms with Crippen LogP contribution in [-0.4, -0.2) is 28.2 Å². The van der Waals surface area contributed by atoms with Crippen LogP contribution in [0.3, 0.4) is 0 Å². The Bertz CT molecular complexity index is 536. The SMILES string of the molecule is FC(F)(F)c1cc(C(F)(F)C(F)(F)C(F)(F)C(F)(F)F)n[nH]1. The van der Waals surface area contributed by atoms with E-state index in [1.54, 1.807) is 0 Å². The van der Waals surface area contributed by atoms with E-state index in [0.717, 1.165) is 5.10 Å². The number of hydrogen-bond donors (Lipinski definition) is 1. The summed E-state index contributed by atoms with van der Waals surface area (Å²) < 4.78 is 149. The standard InChI is InChI=1S/C8H2F12N2/c9-4(10,2-1-3(22-21-2)5(11,12)13)6(14,15)7(16,17)8(18,19)20/h1H,(H,21,22). The van der Waals surface area contributed by atoms with Crippen LogP contribution in [0.5, 0.6) is 0 Å². The molecular formula is C8H2F12N2. The van der Waals surface area contributed by atoms with Gasteiger partial charge in [0.15, 0.2) is 0 Å². The minimum atomic E-state index is -7.21. The fraction of sp³-hybridized carbons (Fsp3) is 0.625. The molecule has 2 nitrogen and oxygen atoms in total. The predicted molar refractivity (Wildman–Crippen MR) is 43.4 cm³/mol. The van der Waals surface area contributed by atoms with E-state index in [0.29, 0.717) is 0 Å². The van der Waals surface area contributed by atoms with Gasteiger partial charge in [-0.15, -0.1) is 0 Å². The van der Waals surface area contributed by atoms with Crippen LogP contribution >= 0.6 is 0 Å². The molecule has 0 radical (unpaired) electrons. The van der Waals surface area contributed by atoms with E-state index in [9.17, 15) is 52.7 Å². The second-order valence-corrected chi connectivity index (χ2v) is 3.89. The van der Waals surface area contributed by atoms with Crippen LogP contribution in [0.4, 0.5) is 52.7 Å². The van der Waals surface area contributed by atoms with Crippen LogP contribution < -0.4 is 0 Å². The zero-order chi connectivity index (χ0) is 17.8. The highest BCUT2D eigenvalue weighted by molar-refractivity contribution is 5.20. The number of nitrogens with zero attached hydrogens (tertiary/aromatic N) is 1. The van der Waals surface area contributed by atoms with Crippen LogP contribution in [0.25, 0.3) is 0 Å². The topological polar surface area (TPSA) is 28.7 Å². The van der Waals surface area contributed by atoms with Gasteiger partial charge in [-0.2, -0.15) is 57.8 Å². The molecule has 0 atom stereocenters. The summed E-state index contributed by atoms with van der Waals surface area (Å²) in [5.74, 6) is -20.6. The fourth-order valence-electron chi connectivity index (χ4n) is 1.16. The van der Waals surface area contributed by atoms with Crippen molar-refractivity contribution in [1.29, 1.82) is 0 Å². The molecule has 1 aromatic rings. The molecule has 0 amide bonds. The van der Waals surface area contributed by atoms with Crippen LogP contribution in [0.1, 0.15) is 11.4 Å². The number of rotatable bonds is 3. The van der Waals surface area contributed by atoms with Gasteiger partial charge in [-0.25, -0.2) is 0 Å². The molecule has 0 unspecified atom stereocenters. The monoisotopic (exact) mass is 354 g/mol. The molecule has 1 aromatic heterocycles. The maximum Gasteiger partial charge on any atom is 0.460 e. The molecule has 0 spiro atoms. The number of H-pyrrole nitrogens is 1. The Hall–Kier alpha value is -1.63. The van der Waals surface area contributed by atoms with E-state index in [2.05, 4.69) is 0 Å². The van der Waals surface area contributed by atoms with E-state index < -0.39 is 47.6 Å². The summed E-state index contributed by atoms with van der Waals surface area (Å²) in [4.78, 5) is 0. The molecule has 1 heterocycles. The number of hydrogen-bond acceptors (Lipinski definition) is 1. The smallest absolute Gasteiger partial charge is 0.273 e. The summed E-state index contributed by atoms with van der Waals surface area (Å²) >= 11 is 0. The average molecular weight is 354 g/mol. The van der Waals surface area contributed by atoms with Crippen LogP contribution in [0, 0.1) is 0 Å². The van der Waals surface area contributed by atoms with Crippen molar-refractivity contribution in [2.24, 2.45) is 0 Å². The molecule has 128 valence electrons. The van der Waals surface area contributed by atoms with Crippen LogP contribution in [-0.2, 0) is 12.1 Å². The lowest BCUT2D eigenvalue weighted by molar-refractivity contribution is -0.400. The van der Waals surface area contributed by atoms with Gasteiger partial charge < -0.3 is 0 Å². The van der Waals surface area contributed by atoms with Gasteiger partial charge in [0.2, 0.25) is 0 Å².